The fourth-order valence-electron chi connectivity index (χ4n) is 4.78. The molecule has 0 amide bonds. The van der Waals surface area contributed by atoms with Crippen LogP contribution in [0.25, 0.3) is 10.9 Å². The van der Waals surface area contributed by atoms with Gasteiger partial charge < -0.3 is 4.98 Å². The fourth-order valence-corrected chi connectivity index (χ4v) is 4.78. The third kappa shape index (κ3) is 5.06. The average molecular weight is 497 g/mol. The summed E-state index contributed by atoms with van der Waals surface area (Å²) in [7, 11) is 0. The Morgan fingerprint density at radius 1 is 0.973 bits per heavy atom. The molecule has 0 saturated heterocycles. The van der Waals surface area contributed by atoms with Crippen LogP contribution in [0.15, 0.2) is 77.6 Å². The molecule has 2 heterocycles. The summed E-state index contributed by atoms with van der Waals surface area (Å²) < 4.78 is 15.2. The van der Waals surface area contributed by atoms with Gasteiger partial charge in [-0.15, -0.1) is 5.10 Å². The maximum atomic E-state index is 13.6. The van der Waals surface area contributed by atoms with Gasteiger partial charge in [-0.2, -0.15) is 0 Å². The molecule has 8 heteroatoms. The van der Waals surface area contributed by atoms with E-state index in [9.17, 15) is 9.18 Å². The maximum absolute atomic E-state index is 13.6. The van der Waals surface area contributed by atoms with Crippen molar-refractivity contribution in [3.8, 4) is 0 Å². The standard InChI is InChI=1S/C29H29FN6O/c1-4-35(17-21-8-6-5-7-9-21)27(25-16-24-19(2)10-11-20(3)26(24)31-29(25)37)28-32-33-34-36(28)18-22-12-14-23(30)15-13-22/h5-16,27H,4,17-18H2,1-3H3,(H,31,37)/t27-/m0/s1. The van der Waals surface area contributed by atoms with Crippen molar-refractivity contribution in [2.24, 2.45) is 0 Å². The Balaban J connectivity index is 1.66. The molecule has 0 fully saturated rings. The number of hydrogen-bond donors (Lipinski definition) is 1. The zero-order chi connectivity index (χ0) is 25.9. The highest BCUT2D eigenvalue weighted by Gasteiger charge is 2.30. The van der Waals surface area contributed by atoms with Crippen molar-refractivity contribution in [3.63, 3.8) is 0 Å². The summed E-state index contributed by atoms with van der Waals surface area (Å²) in [5.74, 6) is 0.254. The molecule has 0 bridgehead atoms. The van der Waals surface area contributed by atoms with E-state index in [4.69, 9.17) is 0 Å². The molecule has 0 radical (unpaired) electrons. The second-order valence-corrected chi connectivity index (χ2v) is 9.31. The summed E-state index contributed by atoms with van der Waals surface area (Å²) in [6.45, 7) is 7.72. The minimum Gasteiger partial charge on any atom is -0.321 e. The van der Waals surface area contributed by atoms with Crippen molar-refractivity contribution in [1.29, 1.82) is 0 Å². The quantitative estimate of drug-likeness (QED) is 0.330. The number of nitrogens with zero attached hydrogens (tertiary/aromatic N) is 5. The lowest BCUT2D eigenvalue weighted by molar-refractivity contribution is 0.214. The van der Waals surface area contributed by atoms with E-state index in [2.05, 4.69) is 50.5 Å². The summed E-state index contributed by atoms with van der Waals surface area (Å²) in [5, 5.41) is 13.6. The first-order chi connectivity index (χ1) is 17.9. The van der Waals surface area contributed by atoms with Crippen LogP contribution in [0.4, 0.5) is 4.39 Å². The summed E-state index contributed by atoms with van der Waals surface area (Å²) in [6, 6.07) is 22.0. The molecule has 188 valence electrons. The third-order valence-electron chi connectivity index (χ3n) is 6.82. The first kappa shape index (κ1) is 24.5. The van der Waals surface area contributed by atoms with Crippen LogP contribution in [-0.2, 0) is 13.1 Å². The second-order valence-electron chi connectivity index (χ2n) is 9.31. The highest BCUT2D eigenvalue weighted by Crippen LogP contribution is 2.30. The molecule has 5 rings (SSSR count). The fraction of sp³-hybridized carbons (Fsp3) is 0.241. The van der Waals surface area contributed by atoms with Gasteiger partial charge in [0.2, 0.25) is 0 Å². The van der Waals surface area contributed by atoms with E-state index >= 15 is 0 Å². The van der Waals surface area contributed by atoms with Gasteiger partial charge in [-0.05, 0) is 71.3 Å². The van der Waals surface area contributed by atoms with Gasteiger partial charge in [0.05, 0.1) is 12.1 Å². The molecule has 0 spiro atoms. The van der Waals surface area contributed by atoms with E-state index in [-0.39, 0.29) is 11.4 Å². The maximum Gasteiger partial charge on any atom is 0.253 e. The van der Waals surface area contributed by atoms with Crippen molar-refractivity contribution in [1.82, 2.24) is 30.1 Å². The number of nitrogens with one attached hydrogen (secondary N) is 1. The number of tetrazole rings is 1. The number of rotatable bonds is 8. The van der Waals surface area contributed by atoms with E-state index in [1.54, 1.807) is 16.8 Å². The SMILES string of the molecule is CCN(Cc1ccccc1)[C@@H](c1cc2c(C)ccc(C)c2[nH]c1=O)c1nnnn1Cc1ccc(F)cc1. The number of aryl methyl sites for hydroxylation is 2. The van der Waals surface area contributed by atoms with Crippen LogP contribution in [0.1, 0.15) is 46.6 Å². The Hall–Kier alpha value is -4.17. The summed E-state index contributed by atoms with van der Waals surface area (Å²) in [5.41, 5.74) is 5.31. The zero-order valence-electron chi connectivity index (χ0n) is 21.1. The van der Waals surface area contributed by atoms with Gasteiger partial charge in [-0.3, -0.25) is 9.69 Å². The number of halogens is 1. The van der Waals surface area contributed by atoms with Crippen LogP contribution in [0.5, 0.6) is 0 Å². The number of hydrogen-bond acceptors (Lipinski definition) is 5. The van der Waals surface area contributed by atoms with Crippen LogP contribution >= 0.6 is 0 Å². The lowest BCUT2D eigenvalue weighted by atomic mass is 9.99. The zero-order valence-corrected chi connectivity index (χ0v) is 21.1. The lowest BCUT2D eigenvalue weighted by Crippen LogP contribution is -2.35. The minimum absolute atomic E-state index is 0.172. The molecular weight excluding hydrogens is 467 g/mol. The number of pyridine rings is 1. The number of aromatic amines is 1. The van der Waals surface area contributed by atoms with Gasteiger partial charge >= 0.3 is 0 Å². The molecule has 1 atom stereocenters. The third-order valence-corrected chi connectivity index (χ3v) is 6.82. The topological polar surface area (TPSA) is 79.7 Å². The first-order valence-corrected chi connectivity index (χ1v) is 12.4. The van der Waals surface area contributed by atoms with Crippen LogP contribution < -0.4 is 5.56 Å². The summed E-state index contributed by atoms with van der Waals surface area (Å²) >= 11 is 0. The van der Waals surface area contributed by atoms with E-state index in [0.717, 1.165) is 33.2 Å². The molecule has 0 aliphatic carbocycles. The molecule has 7 nitrogen and oxygen atoms in total. The molecule has 37 heavy (non-hydrogen) atoms. The molecule has 0 aliphatic heterocycles. The van der Waals surface area contributed by atoms with Crippen LogP contribution in [0.2, 0.25) is 0 Å². The molecule has 5 aromatic rings. The smallest absolute Gasteiger partial charge is 0.253 e. The first-order valence-electron chi connectivity index (χ1n) is 12.4. The van der Waals surface area contributed by atoms with Crippen molar-refractivity contribution >= 4 is 10.9 Å². The largest absolute Gasteiger partial charge is 0.321 e. The summed E-state index contributed by atoms with van der Waals surface area (Å²) in [4.78, 5) is 18.9. The Bertz CT molecular complexity index is 1580. The highest BCUT2D eigenvalue weighted by atomic mass is 19.1. The van der Waals surface area contributed by atoms with Gasteiger partial charge in [-0.25, -0.2) is 9.07 Å². The van der Waals surface area contributed by atoms with E-state index < -0.39 is 6.04 Å². The second kappa shape index (κ2) is 10.4. The van der Waals surface area contributed by atoms with E-state index in [0.29, 0.717) is 31.0 Å². The van der Waals surface area contributed by atoms with E-state index in [1.807, 2.05) is 44.2 Å². The van der Waals surface area contributed by atoms with Gasteiger partial charge in [0, 0.05) is 17.5 Å². The highest BCUT2D eigenvalue weighted by molar-refractivity contribution is 5.85. The minimum atomic E-state index is -0.506. The van der Waals surface area contributed by atoms with Crippen LogP contribution in [0, 0.1) is 19.7 Å². The molecule has 1 N–H and O–H groups in total. The van der Waals surface area contributed by atoms with Gasteiger partial charge in [0.15, 0.2) is 5.82 Å². The molecule has 0 saturated carbocycles. The number of H-pyrrole nitrogens is 1. The monoisotopic (exact) mass is 496 g/mol. The number of fused-ring (bicyclic) bond motifs is 1. The Morgan fingerprint density at radius 3 is 2.43 bits per heavy atom. The molecule has 0 aliphatic rings. The van der Waals surface area contributed by atoms with Crippen molar-refractivity contribution in [3.05, 3.63) is 123 Å². The molecule has 0 unspecified atom stereocenters. The Morgan fingerprint density at radius 2 is 1.70 bits per heavy atom. The molecule has 3 aromatic carbocycles. The lowest BCUT2D eigenvalue weighted by Gasteiger charge is -2.30. The molecule has 2 aromatic heterocycles. The Kier molecular flexibility index (Phi) is 6.92. The van der Waals surface area contributed by atoms with Gasteiger partial charge in [0.25, 0.3) is 5.56 Å². The van der Waals surface area contributed by atoms with Crippen molar-refractivity contribution in [2.75, 3.05) is 6.54 Å². The van der Waals surface area contributed by atoms with Crippen molar-refractivity contribution in [2.45, 2.75) is 39.9 Å². The van der Waals surface area contributed by atoms with Crippen LogP contribution in [-0.4, -0.2) is 36.6 Å². The average Bonchev–Trinajstić information content (AvgIpc) is 3.36. The van der Waals surface area contributed by atoms with Gasteiger partial charge in [0.1, 0.15) is 11.9 Å². The number of benzene rings is 3. The summed E-state index contributed by atoms with van der Waals surface area (Å²) in [6.07, 6.45) is 0. The Labute approximate surface area is 214 Å². The predicted octanol–water partition coefficient (Wildman–Crippen LogP) is 4.93. The normalized spacial score (nSPS) is 12.4. The van der Waals surface area contributed by atoms with Crippen molar-refractivity contribution < 1.29 is 4.39 Å². The van der Waals surface area contributed by atoms with E-state index in [1.165, 1.54) is 12.1 Å². The predicted molar refractivity (Wildman–Crippen MR) is 142 cm³/mol. The molecular formula is C29H29FN6O. The number of aromatic nitrogens is 5. The van der Waals surface area contributed by atoms with Gasteiger partial charge in [-0.1, -0.05) is 61.5 Å². The van der Waals surface area contributed by atoms with Crippen LogP contribution in [0.3, 0.4) is 0 Å².